The molecule has 0 spiro atoms. The van der Waals surface area contributed by atoms with Crippen molar-refractivity contribution in [3.8, 4) is 6.07 Å². The van der Waals surface area contributed by atoms with E-state index in [9.17, 15) is 10.1 Å². The maximum Gasteiger partial charge on any atom is 0.256 e. The molecule has 0 unspecified atom stereocenters. The molecule has 0 saturated carbocycles. The third-order valence-electron chi connectivity index (χ3n) is 3.58. The molecule has 2 aromatic rings. The number of nitrogens with zero attached hydrogens (tertiary/aromatic N) is 1. The van der Waals surface area contributed by atoms with Gasteiger partial charge in [0, 0.05) is 16.1 Å². The van der Waals surface area contributed by atoms with Crippen molar-refractivity contribution >= 4 is 27.9 Å². The van der Waals surface area contributed by atoms with Crippen molar-refractivity contribution in [1.29, 1.82) is 5.26 Å². The molecule has 108 valence electrons. The number of nitrogen functional groups attached to an aromatic ring is 1. The second kappa shape index (κ2) is 5.58. The Kier molecular flexibility index (Phi) is 4.01. The molecule has 0 saturated heterocycles. The fourth-order valence-corrected chi connectivity index (χ4v) is 3.14. The quantitative estimate of drug-likeness (QED) is 0.830. The number of thiophene rings is 1. The van der Waals surface area contributed by atoms with E-state index in [-0.39, 0.29) is 5.91 Å². The summed E-state index contributed by atoms with van der Waals surface area (Å²) >= 11 is 1.42. The van der Waals surface area contributed by atoms with Crippen LogP contribution in [0.2, 0.25) is 0 Å². The smallest absolute Gasteiger partial charge is 0.256 e. The highest BCUT2D eigenvalue weighted by atomic mass is 32.1. The van der Waals surface area contributed by atoms with Gasteiger partial charge in [-0.1, -0.05) is 6.07 Å². The lowest BCUT2D eigenvalue weighted by Gasteiger charge is -2.09. The molecule has 3 N–H and O–H groups in total. The lowest BCUT2D eigenvalue weighted by atomic mass is 10.0. The third kappa shape index (κ3) is 2.76. The molecule has 0 bridgehead atoms. The summed E-state index contributed by atoms with van der Waals surface area (Å²) < 4.78 is 0. The first-order valence-electron chi connectivity index (χ1n) is 6.53. The standard InChI is InChI=1S/C16H17N3OS/c1-8-5-9(2)14(18)6-12(8)15(20)19-16-13(7-17)10(3)11(4)21-16/h5-6H,18H2,1-4H3,(H,19,20). The molecule has 0 aliphatic carbocycles. The highest BCUT2D eigenvalue weighted by Crippen LogP contribution is 2.32. The summed E-state index contributed by atoms with van der Waals surface area (Å²) in [4.78, 5) is 13.4. The number of carbonyl (C=O) groups excluding carboxylic acids is 1. The van der Waals surface area contributed by atoms with Crippen LogP contribution in [-0.2, 0) is 0 Å². The topological polar surface area (TPSA) is 78.9 Å². The predicted octanol–water partition coefficient (Wildman–Crippen LogP) is 3.69. The van der Waals surface area contributed by atoms with Crippen molar-refractivity contribution in [2.75, 3.05) is 11.1 Å². The molecule has 0 atom stereocenters. The van der Waals surface area contributed by atoms with Crippen LogP contribution >= 0.6 is 11.3 Å². The van der Waals surface area contributed by atoms with Gasteiger partial charge < -0.3 is 11.1 Å². The molecule has 21 heavy (non-hydrogen) atoms. The largest absolute Gasteiger partial charge is 0.398 e. The average molecular weight is 299 g/mol. The predicted molar refractivity (Wildman–Crippen MR) is 86.8 cm³/mol. The highest BCUT2D eigenvalue weighted by molar-refractivity contribution is 7.16. The number of rotatable bonds is 2. The number of hydrogen-bond acceptors (Lipinski definition) is 4. The lowest BCUT2D eigenvalue weighted by Crippen LogP contribution is -2.14. The Morgan fingerprint density at radius 3 is 2.52 bits per heavy atom. The summed E-state index contributed by atoms with van der Waals surface area (Å²) in [6.45, 7) is 7.60. The molecule has 4 nitrogen and oxygen atoms in total. The highest BCUT2D eigenvalue weighted by Gasteiger charge is 2.17. The zero-order chi connectivity index (χ0) is 15.7. The van der Waals surface area contributed by atoms with Gasteiger partial charge in [0.15, 0.2) is 0 Å². The second-order valence-electron chi connectivity index (χ2n) is 5.08. The number of nitrogens with two attached hydrogens (primary N) is 1. The number of nitriles is 1. The number of anilines is 2. The number of carbonyl (C=O) groups is 1. The minimum absolute atomic E-state index is 0.239. The van der Waals surface area contributed by atoms with Crippen LogP contribution in [0.4, 0.5) is 10.7 Å². The maximum atomic E-state index is 12.4. The van der Waals surface area contributed by atoms with Gasteiger partial charge in [0.2, 0.25) is 0 Å². The van der Waals surface area contributed by atoms with Crippen LogP contribution in [0, 0.1) is 39.0 Å². The summed E-state index contributed by atoms with van der Waals surface area (Å²) in [5.74, 6) is -0.239. The van der Waals surface area contributed by atoms with E-state index in [1.54, 1.807) is 6.07 Å². The zero-order valence-corrected chi connectivity index (χ0v) is 13.3. The maximum absolute atomic E-state index is 12.4. The second-order valence-corrected chi connectivity index (χ2v) is 6.30. The Labute approximate surface area is 128 Å². The third-order valence-corrected chi connectivity index (χ3v) is 4.70. The number of benzene rings is 1. The lowest BCUT2D eigenvalue weighted by molar-refractivity contribution is 0.102. The summed E-state index contributed by atoms with van der Waals surface area (Å²) in [6, 6.07) is 5.72. The van der Waals surface area contributed by atoms with Crippen LogP contribution in [0.25, 0.3) is 0 Å². The van der Waals surface area contributed by atoms with Crippen LogP contribution in [0.3, 0.4) is 0 Å². The Morgan fingerprint density at radius 2 is 1.90 bits per heavy atom. The van der Waals surface area contributed by atoms with E-state index in [0.29, 0.717) is 21.8 Å². The fraction of sp³-hybridized carbons (Fsp3) is 0.250. The molecule has 0 aliphatic heterocycles. The van der Waals surface area contributed by atoms with Crippen LogP contribution < -0.4 is 11.1 Å². The molecule has 0 radical (unpaired) electrons. The van der Waals surface area contributed by atoms with E-state index in [1.807, 2.05) is 33.8 Å². The Bertz CT molecular complexity index is 769. The first-order chi connectivity index (χ1) is 9.85. The fourth-order valence-electron chi connectivity index (χ4n) is 2.13. The minimum Gasteiger partial charge on any atom is -0.398 e. The molecular formula is C16H17N3OS. The van der Waals surface area contributed by atoms with Gasteiger partial charge in [-0.25, -0.2) is 0 Å². The molecule has 1 amide bonds. The van der Waals surface area contributed by atoms with Gasteiger partial charge in [-0.05, 0) is 50.5 Å². The zero-order valence-electron chi connectivity index (χ0n) is 12.5. The van der Waals surface area contributed by atoms with Gasteiger partial charge in [-0.3, -0.25) is 4.79 Å². The van der Waals surface area contributed by atoms with E-state index in [2.05, 4.69) is 11.4 Å². The summed E-state index contributed by atoms with van der Waals surface area (Å²) in [5.41, 5.74) is 10.3. The number of nitrogens with one attached hydrogen (secondary N) is 1. The van der Waals surface area contributed by atoms with Crippen molar-refractivity contribution in [2.45, 2.75) is 27.7 Å². The van der Waals surface area contributed by atoms with E-state index in [4.69, 9.17) is 5.73 Å². The van der Waals surface area contributed by atoms with E-state index in [0.717, 1.165) is 21.6 Å². The normalized spacial score (nSPS) is 10.2. The molecule has 0 fully saturated rings. The van der Waals surface area contributed by atoms with Gasteiger partial charge >= 0.3 is 0 Å². The van der Waals surface area contributed by atoms with E-state index < -0.39 is 0 Å². The number of hydrogen-bond donors (Lipinski definition) is 2. The van der Waals surface area contributed by atoms with Crippen molar-refractivity contribution in [3.05, 3.63) is 44.8 Å². The Balaban J connectivity index is 2.38. The average Bonchev–Trinajstić information content (AvgIpc) is 2.68. The SMILES string of the molecule is Cc1cc(C)c(C(=O)Nc2sc(C)c(C)c2C#N)cc1N. The van der Waals surface area contributed by atoms with Gasteiger partial charge in [0.1, 0.15) is 11.1 Å². The molecular weight excluding hydrogens is 282 g/mol. The van der Waals surface area contributed by atoms with E-state index >= 15 is 0 Å². The van der Waals surface area contributed by atoms with Crippen LogP contribution in [0.15, 0.2) is 12.1 Å². The summed E-state index contributed by atoms with van der Waals surface area (Å²) in [6.07, 6.45) is 0. The van der Waals surface area contributed by atoms with Crippen LogP contribution in [0.5, 0.6) is 0 Å². The molecule has 1 aromatic heterocycles. The molecule has 2 rings (SSSR count). The van der Waals surface area contributed by atoms with Crippen molar-refractivity contribution < 1.29 is 4.79 Å². The summed E-state index contributed by atoms with van der Waals surface area (Å²) in [5, 5.41) is 12.6. The van der Waals surface area contributed by atoms with E-state index in [1.165, 1.54) is 11.3 Å². The number of aryl methyl sites for hydroxylation is 3. The molecule has 1 heterocycles. The Morgan fingerprint density at radius 1 is 1.24 bits per heavy atom. The first-order valence-corrected chi connectivity index (χ1v) is 7.35. The minimum atomic E-state index is -0.239. The van der Waals surface area contributed by atoms with Crippen LogP contribution in [-0.4, -0.2) is 5.91 Å². The van der Waals surface area contributed by atoms with Gasteiger partial charge in [0.05, 0.1) is 5.56 Å². The molecule has 0 aliphatic rings. The Hall–Kier alpha value is -2.32. The summed E-state index contributed by atoms with van der Waals surface area (Å²) in [7, 11) is 0. The molecule has 1 aromatic carbocycles. The van der Waals surface area contributed by atoms with Crippen molar-refractivity contribution in [3.63, 3.8) is 0 Å². The van der Waals surface area contributed by atoms with Crippen LogP contribution in [0.1, 0.15) is 37.5 Å². The van der Waals surface area contributed by atoms with Gasteiger partial charge in [-0.2, -0.15) is 5.26 Å². The van der Waals surface area contributed by atoms with Gasteiger partial charge in [0.25, 0.3) is 5.91 Å². The first kappa shape index (κ1) is 15.1. The number of amides is 1. The van der Waals surface area contributed by atoms with Gasteiger partial charge in [-0.15, -0.1) is 11.3 Å². The molecule has 5 heteroatoms. The monoisotopic (exact) mass is 299 g/mol. The van der Waals surface area contributed by atoms with Crippen molar-refractivity contribution in [1.82, 2.24) is 0 Å². The van der Waals surface area contributed by atoms with Crippen molar-refractivity contribution in [2.24, 2.45) is 0 Å².